The van der Waals surface area contributed by atoms with Crippen molar-refractivity contribution in [2.24, 2.45) is 0 Å². The van der Waals surface area contributed by atoms with Crippen LogP contribution in [0.15, 0.2) is 18.2 Å². The lowest BCUT2D eigenvalue weighted by atomic mass is 10.2. The maximum absolute atomic E-state index is 11.7. The molecule has 1 heterocycles. The number of carbonyl (C=O) groups excluding carboxylic acids is 1. The van der Waals surface area contributed by atoms with E-state index in [-0.39, 0.29) is 12.7 Å². The van der Waals surface area contributed by atoms with Crippen molar-refractivity contribution in [3.63, 3.8) is 0 Å². The number of hydrogen-bond acceptors (Lipinski definition) is 5. The maximum atomic E-state index is 11.7. The van der Waals surface area contributed by atoms with E-state index in [0.717, 1.165) is 5.69 Å². The lowest BCUT2D eigenvalue weighted by Gasteiger charge is -2.26. The van der Waals surface area contributed by atoms with Crippen molar-refractivity contribution >= 4 is 17.5 Å². The Hall–Kier alpha value is -1.95. The third-order valence-electron chi connectivity index (χ3n) is 2.64. The summed E-state index contributed by atoms with van der Waals surface area (Å²) < 4.78 is 10.8. The number of ether oxygens (including phenoxy) is 2. The van der Waals surface area contributed by atoms with Gasteiger partial charge in [-0.25, -0.2) is 4.79 Å². The molecule has 1 aliphatic heterocycles. The predicted molar refractivity (Wildman–Crippen MR) is 76.3 cm³/mol. The van der Waals surface area contributed by atoms with Gasteiger partial charge in [-0.15, -0.1) is 0 Å². The molecule has 0 aromatic heterocycles. The van der Waals surface area contributed by atoms with E-state index >= 15 is 0 Å². The molecule has 0 unspecified atom stereocenters. The van der Waals surface area contributed by atoms with E-state index < -0.39 is 11.7 Å². The van der Waals surface area contributed by atoms with Crippen LogP contribution >= 0.6 is 0 Å². The second kappa shape index (κ2) is 5.58. The third kappa shape index (κ3) is 3.77. The van der Waals surface area contributed by atoms with Gasteiger partial charge in [-0.2, -0.15) is 0 Å². The van der Waals surface area contributed by atoms with Crippen LogP contribution in [0, 0.1) is 0 Å². The van der Waals surface area contributed by atoms with E-state index in [4.69, 9.17) is 14.6 Å². The van der Waals surface area contributed by atoms with Crippen LogP contribution < -0.4 is 15.4 Å². The molecule has 2 rings (SSSR count). The number of aliphatic hydroxyl groups excluding tert-OH is 1. The number of amides is 1. The fourth-order valence-electron chi connectivity index (χ4n) is 1.82. The monoisotopic (exact) mass is 280 g/mol. The summed E-state index contributed by atoms with van der Waals surface area (Å²) in [4.78, 5) is 11.7. The molecule has 1 amide bonds. The van der Waals surface area contributed by atoms with Crippen molar-refractivity contribution in [2.45, 2.75) is 32.5 Å². The van der Waals surface area contributed by atoms with Crippen molar-refractivity contribution in [1.82, 2.24) is 0 Å². The molecule has 0 fully saturated rings. The quantitative estimate of drug-likeness (QED) is 0.774. The van der Waals surface area contributed by atoms with Crippen LogP contribution in [-0.4, -0.2) is 36.1 Å². The molecule has 6 nitrogen and oxygen atoms in total. The highest BCUT2D eigenvalue weighted by Crippen LogP contribution is 2.31. The van der Waals surface area contributed by atoms with Gasteiger partial charge in [0.25, 0.3) is 0 Å². The standard InChI is InChI=1S/C14H20N2O4/c1-14(2,3)20-13(18)16-9-4-5-12-11(6-9)15-7-10(8-17)19-12/h4-6,10,15,17H,7-8H2,1-3H3,(H,16,18)/t10-/m1/s1. The number of benzene rings is 1. The van der Waals surface area contributed by atoms with Crippen molar-refractivity contribution in [2.75, 3.05) is 23.8 Å². The fourth-order valence-corrected chi connectivity index (χ4v) is 1.82. The number of carbonyl (C=O) groups is 1. The van der Waals surface area contributed by atoms with E-state index in [2.05, 4.69) is 10.6 Å². The summed E-state index contributed by atoms with van der Waals surface area (Å²) in [6.45, 7) is 5.92. The minimum Gasteiger partial charge on any atom is -0.484 e. The summed E-state index contributed by atoms with van der Waals surface area (Å²) >= 11 is 0. The van der Waals surface area contributed by atoms with Gasteiger partial charge in [0, 0.05) is 5.69 Å². The molecule has 0 saturated heterocycles. The van der Waals surface area contributed by atoms with Crippen molar-refractivity contribution in [3.8, 4) is 5.75 Å². The molecule has 110 valence electrons. The Labute approximate surface area is 118 Å². The first-order valence-electron chi connectivity index (χ1n) is 6.53. The molecule has 0 saturated carbocycles. The predicted octanol–water partition coefficient (Wildman–Crippen LogP) is 2.20. The topological polar surface area (TPSA) is 79.8 Å². The maximum Gasteiger partial charge on any atom is 0.412 e. The summed E-state index contributed by atoms with van der Waals surface area (Å²) in [6.07, 6.45) is -0.741. The Morgan fingerprint density at radius 2 is 2.30 bits per heavy atom. The number of hydrogen-bond donors (Lipinski definition) is 3. The molecule has 0 spiro atoms. The number of rotatable bonds is 2. The Kier molecular flexibility index (Phi) is 4.04. The second-order valence-electron chi connectivity index (χ2n) is 5.64. The minimum absolute atomic E-state index is 0.0374. The van der Waals surface area contributed by atoms with Gasteiger partial charge in [0.1, 0.15) is 17.5 Å². The van der Waals surface area contributed by atoms with Gasteiger partial charge in [-0.3, -0.25) is 5.32 Å². The number of aliphatic hydroxyl groups is 1. The third-order valence-corrected chi connectivity index (χ3v) is 2.64. The van der Waals surface area contributed by atoms with E-state index in [9.17, 15) is 4.79 Å². The van der Waals surface area contributed by atoms with Crippen LogP contribution in [0.5, 0.6) is 5.75 Å². The minimum atomic E-state index is -0.534. The number of nitrogens with one attached hydrogen (secondary N) is 2. The normalized spacial score (nSPS) is 17.5. The van der Waals surface area contributed by atoms with Gasteiger partial charge >= 0.3 is 6.09 Å². The van der Waals surface area contributed by atoms with Gasteiger partial charge in [0.05, 0.1) is 18.8 Å². The van der Waals surface area contributed by atoms with Gasteiger partial charge in [-0.1, -0.05) is 0 Å². The van der Waals surface area contributed by atoms with Crippen LogP contribution in [-0.2, 0) is 4.74 Å². The fraction of sp³-hybridized carbons (Fsp3) is 0.500. The lowest BCUT2D eigenvalue weighted by molar-refractivity contribution is 0.0636. The SMILES string of the molecule is CC(C)(C)OC(=O)Nc1ccc2c(c1)NC[C@H](CO)O2. The average Bonchev–Trinajstić information content (AvgIpc) is 2.35. The van der Waals surface area contributed by atoms with E-state index in [1.807, 2.05) is 20.8 Å². The smallest absolute Gasteiger partial charge is 0.412 e. The van der Waals surface area contributed by atoms with Crippen LogP contribution in [0.4, 0.5) is 16.2 Å². The Morgan fingerprint density at radius 1 is 1.55 bits per heavy atom. The summed E-state index contributed by atoms with van der Waals surface area (Å²) in [5, 5.41) is 14.9. The van der Waals surface area contributed by atoms with Crippen molar-refractivity contribution < 1.29 is 19.4 Å². The van der Waals surface area contributed by atoms with Crippen LogP contribution in [0.25, 0.3) is 0 Å². The Morgan fingerprint density at radius 3 is 2.95 bits per heavy atom. The molecular formula is C14H20N2O4. The Balaban J connectivity index is 2.03. The molecule has 6 heteroatoms. The van der Waals surface area contributed by atoms with Crippen LogP contribution in [0.1, 0.15) is 20.8 Å². The molecule has 1 aromatic rings. The first-order valence-corrected chi connectivity index (χ1v) is 6.53. The van der Waals surface area contributed by atoms with Crippen molar-refractivity contribution in [3.05, 3.63) is 18.2 Å². The average molecular weight is 280 g/mol. The second-order valence-corrected chi connectivity index (χ2v) is 5.64. The highest BCUT2D eigenvalue weighted by atomic mass is 16.6. The summed E-state index contributed by atoms with van der Waals surface area (Å²) in [7, 11) is 0. The van der Waals surface area contributed by atoms with E-state index in [1.54, 1.807) is 18.2 Å². The molecule has 0 aliphatic carbocycles. The number of anilines is 2. The first kappa shape index (κ1) is 14.5. The van der Waals surface area contributed by atoms with Crippen LogP contribution in [0.3, 0.4) is 0 Å². The Bertz CT molecular complexity index is 496. The highest BCUT2D eigenvalue weighted by molar-refractivity contribution is 5.86. The van der Waals surface area contributed by atoms with Gasteiger partial charge < -0.3 is 19.9 Å². The zero-order valence-electron chi connectivity index (χ0n) is 11.9. The van der Waals surface area contributed by atoms with Gasteiger partial charge in [0.15, 0.2) is 0 Å². The zero-order chi connectivity index (χ0) is 14.8. The van der Waals surface area contributed by atoms with Gasteiger partial charge in [0.2, 0.25) is 0 Å². The largest absolute Gasteiger partial charge is 0.484 e. The molecule has 1 aromatic carbocycles. The summed E-state index contributed by atoms with van der Waals surface area (Å²) in [5.41, 5.74) is 0.869. The van der Waals surface area contributed by atoms with E-state index in [0.29, 0.717) is 18.0 Å². The van der Waals surface area contributed by atoms with E-state index in [1.165, 1.54) is 0 Å². The van der Waals surface area contributed by atoms with Gasteiger partial charge in [-0.05, 0) is 39.0 Å². The molecule has 3 N–H and O–H groups in total. The zero-order valence-corrected chi connectivity index (χ0v) is 11.9. The molecule has 20 heavy (non-hydrogen) atoms. The first-order chi connectivity index (χ1) is 9.37. The van der Waals surface area contributed by atoms with Crippen LogP contribution in [0.2, 0.25) is 0 Å². The lowest BCUT2D eigenvalue weighted by Crippen LogP contribution is -2.33. The molecule has 1 aliphatic rings. The molecular weight excluding hydrogens is 260 g/mol. The summed E-state index contributed by atoms with van der Waals surface area (Å²) in [6, 6.07) is 5.24. The number of fused-ring (bicyclic) bond motifs is 1. The molecule has 1 atom stereocenters. The summed E-state index contributed by atoms with van der Waals surface area (Å²) in [5.74, 6) is 0.657. The van der Waals surface area contributed by atoms with Crippen molar-refractivity contribution in [1.29, 1.82) is 0 Å². The molecule has 0 bridgehead atoms. The molecule has 0 radical (unpaired) electrons. The highest BCUT2D eigenvalue weighted by Gasteiger charge is 2.20.